The molecular weight excluding hydrogens is 344 g/mol. The Kier molecular flexibility index (Phi) is 4.57. The fourth-order valence-electron chi connectivity index (χ4n) is 4.13. The molecule has 2 fully saturated rings. The number of morpholine rings is 1. The average Bonchev–Trinajstić information content (AvgIpc) is 3.19. The van der Waals surface area contributed by atoms with Gasteiger partial charge in [0.15, 0.2) is 0 Å². The highest BCUT2D eigenvalue weighted by molar-refractivity contribution is 6.23. The minimum absolute atomic E-state index is 0.133. The molecule has 2 unspecified atom stereocenters. The van der Waals surface area contributed by atoms with Crippen molar-refractivity contribution in [3.05, 3.63) is 47.3 Å². The van der Waals surface area contributed by atoms with E-state index >= 15 is 0 Å². The van der Waals surface area contributed by atoms with Gasteiger partial charge in [0.2, 0.25) is 5.91 Å². The summed E-state index contributed by atoms with van der Waals surface area (Å²) in [6.45, 7) is 5.60. The zero-order valence-electron chi connectivity index (χ0n) is 15.9. The van der Waals surface area contributed by atoms with Crippen LogP contribution in [0.2, 0.25) is 0 Å². The fraction of sp³-hybridized carbons (Fsp3) is 0.450. The van der Waals surface area contributed by atoms with Crippen LogP contribution in [0.25, 0.3) is 0 Å². The van der Waals surface area contributed by atoms with Crippen LogP contribution >= 0.6 is 0 Å². The molecule has 0 aliphatic carbocycles. The van der Waals surface area contributed by atoms with E-state index < -0.39 is 6.04 Å². The Bertz CT molecular complexity index is 871. The number of hydrogen-bond acceptors (Lipinski definition) is 5. The van der Waals surface area contributed by atoms with Crippen LogP contribution in [0.4, 0.5) is 5.69 Å². The SMILES string of the molecule is Cc1cccc(C)c1N1C(=O)CC(N2CCOC(c3ccnn3C)C2)C1=O. The van der Waals surface area contributed by atoms with Gasteiger partial charge in [0.05, 0.1) is 30.5 Å². The van der Waals surface area contributed by atoms with Crippen LogP contribution in [-0.4, -0.2) is 52.2 Å². The third-order valence-corrected chi connectivity index (χ3v) is 5.51. The Morgan fingerprint density at radius 1 is 1.15 bits per heavy atom. The van der Waals surface area contributed by atoms with Gasteiger partial charge in [0.1, 0.15) is 6.10 Å². The van der Waals surface area contributed by atoms with E-state index in [-0.39, 0.29) is 24.3 Å². The fourth-order valence-corrected chi connectivity index (χ4v) is 4.13. The highest BCUT2D eigenvalue weighted by Crippen LogP contribution is 2.33. The molecule has 1 aromatic heterocycles. The number of ether oxygens (including phenoxy) is 1. The molecular formula is C20H24N4O3. The van der Waals surface area contributed by atoms with E-state index in [2.05, 4.69) is 10.00 Å². The summed E-state index contributed by atoms with van der Waals surface area (Å²) >= 11 is 0. The van der Waals surface area contributed by atoms with Crippen LogP contribution in [0.15, 0.2) is 30.5 Å². The molecule has 7 heteroatoms. The number of rotatable bonds is 3. The molecule has 27 heavy (non-hydrogen) atoms. The molecule has 4 rings (SSSR count). The Hall–Kier alpha value is -2.51. The maximum atomic E-state index is 13.2. The first-order valence-corrected chi connectivity index (χ1v) is 9.24. The standard InChI is InChI=1S/C20H24N4O3/c1-13-5-4-6-14(2)19(13)24-18(25)11-16(20(24)26)23-9-10-27-17(12-23)15-7-8-21-22(15)3/h4-8,16-17H,9-12H2,1-3H3. The second-order valence-electron chi connectivity index (χ2n) is 7.26. The molecule has 2 aromatic rings. The smallest absolute Gasteiger partial charge is 0.251 e. The van der Waals surface area contributed by atoms with Gasteiger partial charge in [-0.15, -0.1) is 0 Å². The molecule has 3 heterocycles. The van der Waals surface area contributed by atoms with Gasteiger partial charge in [-0.05, 0) is 31.0 Å². The van der Waals surface area contributed by atoms with Crippen molar-refractivity contribution in [1.29, 1.82) is 0 Å². The number of anilines is 1. The monoisotopic (exact) mass is 368 g/mol. The van der Waals surface area contributed by atoms with E-state index in [0.29, 0.717) is 19.7 Å². The van der Waals surface area contributed by atoms with Gasteiger partial charge in [0.25, 0.3) is 5.91 Å². The van der Waals surface area contributed by atoms with E-state index in [0.717, 1.165) is 22.5 Å². The van der Waals surface area contributed by atoms with E-state index in [1.807, 2.05) is 45.2 Å². The van der Waals surface area contributed by atoms with Crippen LogP contribution in [-0.2, 0) is 21.4 Å². The number of carbonyl (C=O) groups excluding carboxylic acids is 2. The van der Waals surface area contributed by atoms with Crippen LogP contribution in [0, 0.1) is 13.8 Å². The first kappa shape index (κ1) is 17.9. The Morgan fingerprint density at radius 2 is 1.89 bits per heavy atom. The summed E-state index contributed by atoms with van der Waals surface area (Å²) < 4.78 is 7.68. The lowest BCUT2D eigenvalue weighted by Crippen LogP contribution is -2.48. The lowest BCUT2D eigenvalue weighted by atomic mass is 10.1. The van der Waals surface area contributed by atoms with Crippen molar-refractivity contribution in [3.8, 4) is 0 Å². The number of para-hydroxylation sites is 1. The highest BCUT2D eigenvalue weighted by atomic mass is 16.5. The number of aryl methyl sites for hydroxylation is 3. The predicted molar refractivity (Wildman–Crippen MR) is 100 cm³/mol. The second-order valence-corrected chi connectivity index (χ2v) is 7.26. The molecule has 7 nitrogen and oxygen atoms in total. The molecule has 2 saturated heterocycles. The molecule has 0 radical (unpaired) electrons. The maximum absolute atomic E-state index is 13.2. The zero-order valence-corrected chi connectivity index (χ0v) is 15.9. The Balaban J connectivity index is 1.58. The third kappa shape index (κ3) is 3.07. The Morgan fingerprint density at radius 3 is 2.56 bits per heavy atom. The van der Waals surface area contributed by atoms with Crippen molar-refractivity contribution in [1.82, 2.24) is 14.7 Å². The van der Waals surface area contributed by atoms with Gasteiger partial charge in [-0.25, -0.2) is 4.90 Å². The lowest BCUT2D eigenvalue weighted by molar-refractivity contribution is -0.125. The Labute approximate surface area is 158 Å². The van der Waals surface area contributed by atoms with E-state index in [1.165, 1.54) is 4.90 Å². The van der Waals surface area contributed by atoms with Crippen molar-refractivity contribution in [2.24, 2.45) is 7.05 Å². The van der Waals surface area contributed by atoms with E-state index in [1.54, 1.807) is 10.9 Å². The van der Waals surface area contributed by atoms with E-state index in [4.69, 9.17) is 4.74 Å². The summed E-state index contributed by atoms with van der Waals surface area (Å²) in [5, 5.41) is 4.20. The first-order chi connectivity index (χ1) is 13.0. The molecule has 1 aromatic carbocycles. The molecule has 142 valence electrons. The summed E-state index contributed by atoms with van der Waals surface area (Å²) in [5.74, 6) is -0.269. The van der Waals surface area contributed by atoms with Crippen LogP contribution in [0.1, 0.15) is 29.3 Å². The number of imide groups is 1. The van der Waals surface area contributed by atoms with Crippen LogP contribution < -0.4 is 4.90 Å². The average molecular weight is 368 g/mol. The van der Waals surface area contributed by atoms with Gasteiger partial charge in [-0.2, -0.15) is 5.10 Å². The van der Waals surface area contributed by atoms with Crippen LogP contribution in [0.3, 0.4) is 0 Å². The van der Waals surface area contributed by atoms with Crippen molar-refractivity contribution in [2.45, 2.75) is 32.4 Å². The minimum Gasteiger partial charge on any atom is -0.369 e. The number of nitrogens with zero attached hydrogens (tertiary/aromatic N) is 4. The number of aromatic nitrogens is 2. The topological polar surface area (TPSA) is 67.7 Å². The molecule has 2 aliphatic rings. The maximum Gasteiger partial charge on any atom is 0.251 e. The van der Waals surface area contributed by atoms with Gasteiger partial charge in [-0.1, -0.05) is 18.2 Å². The zero-order chi connectivity index (χ0) is 19.1. The number of hydrogen-bond donors (Lipinski definition) is 0. The summed E-state index contributed by atoms with van der Waals surface area (Å²) in [6.07, 6.45) is 1.80. The molecule has 0 spiro atoms. The number of amides is 2. The largest absolute Gasteiger partial charge is 0.369 e. The molecule has 2 atom stereocenters. The molecule has 0 N–H and O–H groups in total. The summed E-state index contributed by atoms with van der Waals surface area (Å²) in [6, 6.07) is 7.30. The van der Waals surface area contributed by atoms with Gasteiger partial charge in [0, 0.05) is 26.3 Å². The number of benzene rings is 1. The van der Waals surface area contributed by atoms with Crippen molar-refractivity contribution in [2.75, 3.05) is 24.6 Å². The highest BCUT2D eigenvalue weighted by Gasteiger charge is 2.45. The second kappa shape index (κ2) is 6.90. The number of carbonyl (C=O) groups is 2. The van der Waals surface area contributed by atoms with Gasteiger partial charge >= 0.3 is 0 Å². The van der Waals surface area contributed by atoms with Gasteiger partial charge in [-0.3, -0.25) is 19.2 Å². The van der Waals surface area contributed by atoms with E-state index in [9.17, 15) is 9.59 Å². The summed E-state index contributed by atoms with van der Waals surface area (Å²) in [7, 11) is 1.88. The normalized spacial score (nSPS) is 24.0. The van der Waals surface area contributed by atoms with Crippen molar-refractivity contribution < 1.29 is 14.3 Å². The lowest BCUT2D eigenvalue weighted by Gasteiger charge is -2.35. The summed E-state index contributed by atoms with van der Waals surface area (Å²) in [4.78, 5) is 29.4. The van der Waals surface area contributed by atoms with Gasteiger partial charge < -0.3 is 4.74 Å². The third-order valence-electron chi connectivity index (χ3n) is 5.51. The molecule has 0 bridgehead atoms. The molecule has 2 aliphatic heterocycles. The van der Waals surface area contributed by atoms with Crippen LogP contribution in [0.5, 0.6) is 0 Å². The van der Waals surface area contributed by atoms with Crippen molar-refractivity contribution >= 4 is 17.5 Å². The molecule has 0 saturated carbocycles. The quantitative estimate of drug-likeness (QED) is 0.772. The predicted octanol–water partition coefficient (Wildman–Crippen LogP) is 1.74. The summed E-state index contributed by atoms with van der Waals surface area (Å²) in [5.41, 5.74) is 3.58. The molecule has 2 amide bonds. The minimum atomic E-state index is -0.434. The first-order valence-electron chi connectivity index (χ1n) is 9.24. The van der Waals surface area contributed by atoms with Crippen molar-refractivity contribution in [3.63, 3.8) is 0 Å².